The van der Waals surface area contributed by atoms with Gasteiger partial charge in [-0.25, -0.2) is 0 Å². The molecule has 0 aliphatic heterocycles. The number of nitrogens with two attached hydrogens (primary N) is 1. The molecule has 0 radical (unpaired) electrons. The van der Waals surface area contributed by atoms with Gasteiger partial charge in [-0.05, 0) is 28.7 Å². The van der Waals surface area contributed by atoms with E-state index in [1.165, 1.54) is 11.1 Å². The van der Waals surface area contributed by atoms with E-state index >= 15 is 0 Å². The predicted octanol–water partition coefficient (Wildman–Crippen LogP) is 4.02. The Bertz CT molecular complexity index is 522. The van der Waals surface area contributed by atoms with Crippen molar-refractivity contribution in [2.45, 2.75) is 12.5 Å². The van der Waals surface area contributed by atoms with E-state index in [-0.39, 0.29) is 12.0 Å². The quantitative estimate of drug-likeness (QED) is 0.789. The molecule has 2 rings (SSSR count). The van der Waals surface area contributed by atoms with E-state index in [2.05, 4.69) is 31.9 Å². The first-order valence-corrected chi connectivity index (χ1v) is 6.16. The van der Waals surface area contributed by atoms with E-state index in [9.17, 15) is 0 Å². The van der Waals surface area contributed by atoms with Crippen LogP contribution in [-0.2, 0) is 0 Å². The van der Waals surface area contributed by atoms with Crippen molar-refractivity contribution in [2.24, 2.45) is 11.7 Å². The minimum atomic E-state index is -0.00380. The normalized spacial score (nSPS) is 23.4. The summed E-state index contributed by atoms with van der Waals surface area (Å²) in [5.74, 6) is 0.239. The first-order chi connectivity index (χ1) is 8.69. The van der Waals surface area contributed by atoms with Crippen LogP contribution in [0.3, 0.4) is 0 Å². The highest BCUT2D eigenvalue weighted by atomic mass is 14.7. The van der Waals surface area contributed by atoms with Gasteiger partial charge in [0.1, 0.15) is 0 Å². The maximum atomic E-state index is 6.40. The average molecular weight is 237 g/mol. The Labute approximate surface area is 109 Å². The van der Waals surface area contributed by atoms with Gasteiger partial charge in [-0.3, -0.25) is 0 Å². The Kier molecular flexibility index (Phi) is 3.63. The maximum Gasteiger partial charge on any atom is 0.0373 e. The van der Waals surface area contributed by atoms with E-state index in [1.54, 1.807) is 6.08 Å². The van der Waals surface area contributed by atoms with Crippen molar-refractivity contribution in [1.82, 2.24) is 0 Å². The molecule has 0 amide bonds. The molecule has 0 aromatic heterocycles. The molecular weight excluding hydrogens is 218 g/mol. The number of hydrogen-bond acceptors (Lipinski definition) is 1. The van der Waals surface area contributed by atoms with Gasteiger partial charge in [0.25, 0.3) is 0 Å². The molecular formula is C17H19N. The molecule has 1 aromatic rings. The predicted molar refractivity (Wildman–Crippen MR) is 79.0 cm³/mol. The molecule has 1 heteroatoms. The van der Waals surface area contributed by atoms with Crippen molar-refractivity contribution < 1.29 is 0 Å². The fourth-order valence-corrected chi connectivity index (χ4v) is 2.63. The summed E-state index contributed by atoms with van der Waals surface area (Å²) in [6, 6.07) is 8.24. The highest BCUT2D eigenvalue weighted by molar-refractivity contribution is 5.70. The van der Waals surface area contributed by atoms with Gasteiger partial charge in [0, 0.05) is 12.0 Å². The van der Waals surface area contributed by atoms with Crippen LogP contribution in [0.4, 0.5) is 0 Å². The van der Waals surface area contributed by atoms with Crippen LogP contribution in [0.2, 0.25) is 0 Å². The molecule has 0 saturated heterocycles. The third-order valence-electron chi connectivity index (χ3n) is 3.57. The second-order valence-corrected chi connectivity index (χ2v) is 4.63. The molecule has 2 N–H and O–H groups in total. The summed E-state index contributed by atoms with van der Waals surface area (Å²) in [5.41, 5.74) is 11.0. The molecule has 1 aliphatic carbocycles. The summed E-state index contributed by atoms with van der Waals surface area (Å²) in [7, 11) is 0. The summed E-state index contributed by atoms with van der Waals surface area (Å²) in [4.78, 5) is 0. The summed E-state index contributed by atoms with van der Waals surface area (Å²) < 4.78 is 0. The van der Waals surface area contributed by atoms with Gasteiger partial charge < -0.3 is 5.73 Å². The van der Waals surface area contributed by atoms with Crippen LogP contribution in [0.1, 0.15) is 23.6 Å². The number of rotatable bonds is 3. The fraction of sp³-hybridized carbons (Fsp3) is 0.176. The molecule has 1 aromatic carbocycles. The monoisotopic (exact) mass is 237 g/mol. The number of allylic oxidation sites excluding steroid dienone is 4. The molecule has 2 unspecified atom stereocenters. The largest absolute Gasteiger partial charge is 0.323 e. The van der Waals surface area contributed by atoms with Gasteiger partial charge >= 0.3 is 0 Å². The summed E-state index contributed by atoms with van der Waals surface area (Å²) in [5, 5.41) is 0. The highest BCUT2D eigenvalue weighted by Gasteiger charge is 2.29. The van der Waals surface area contributed by atoms with Crippen LogP contribution < -0.4 is 5.73 Å². The van der Waals surface area contributed by atoms with Crippen LogP contribution in [0.5, 0.6) is 0 Å². The Balaban J connectivity index is 2.45. The van der Waals surface area contributed by atoms with E-state index in [4.69, 9.17) is 5.73 Å². The number of fused-ring (bicyclic) bond motifs is 1. The smallest absolute Gasteiger partial charge is 0.0373 e. The Morgan fingerprint density at radius 2 is 2.00 bits per heavy atom. The summed E-state index contributed by atoms with van der Waals surface area (Å²) in [6.45, 7) is 11.8. The van der Waals surface area contributed by atoms with Crippen LogP contribution in [0.15, 0.2) is 67.8 Å². The van der Waals surface area contributed by atoms with Crippen molar-refractivity contribution in [1.29, 1.82) is 0 Å². The zero-order valence-corrected chi connectivity index (χ0v) is 10.6. The molecule has 18 heavy (non-hydrogen) atoms. The topological polar surface area (TPSA) is 26.0 Å². The molecule has 0 spiro atoms. The third kappa shape index (κ3) is 2.09. The van der Waals surface area contributed by atoms with Crippen LogP contribution in [-0.4, -0.2) is 0 Å². The zero-order valence-electron chi connectivity index (χ0n) is 10.6. The third-order valence-corrected chi connectivity index (χ3v) is 3.57. The van der Waals surface area contributed by atoms with Crippen molar-refractivity contribution in [2.75, 3.05) is 0 Å². The fourth-order valence-electron chi connectivity index (χ4n) is 2.63. The van der Waals surface area contributed by atoms with Crippen molar-refractivity contribution in [3.8, 4) is 0 Å². The van der Waals surface area contributed by atoms with Crippen molar-refractivity contribution in [3.05, 3.63) is 78.9 Å². The Morgan fingerprint density at radius 1 is 1.28 bits per heavy atom. The molecule has 0 heterocycles. The Morgan fingerprint density at radius 3 is 2.67 bits per heavy atom. The highest BCUT2D eigenvalue weighted by Crippen LogP contribution is 2.42. The van der Waals surface area contributed by atoms with Gasteiger partial charge in [-0.1, -0.05) is 62.2 Å². The average Bonchev–Trinajstić information content (AvgIpc) is 2.40. The second kappa shape index (κ2) is 5.19. The van der Waals surface area contributed by atoms with E-state index in [0.29, 0.717) is 0 Å². The first-order valence-electron chi connectivity index (χ1n) is 6.16. The molecule has 0 fully saturated rings. The standard InChI is InChI=1S/C17H19N/c1-4-8-13(5-2)16-11-12(3)14-9-6-7-10-15(14)17(16)18/h4-10,16-17H,1-3,11,18H2/b13-8+. The number of hydrogen-bond donors (Lipinski definition) is 1. The zero-order chi connectivity index (χ0) is 13.1. The minimum Gasteiger partial charge on any atom is -0.323 e. The lowest BCUT2D eigenvalue weighted by molar-refractivity contribution is 0.501. The van der Waals surface area contributed by atoms with Crippen LogP contribution in [0.25, 0.3) is 5.57 Å². The minimum absolute atomic E-state index is 0.00380. The van der Waals surface area contributed by atoms with Crippen molar-refractivity contribution >= 4 is 5.57 Å². The van der Waals surface area contributed by atoms with E-state index < -0.39 is 0 Å². The Hall–Kier alpha value is -1.86. The van der Waals surface area contributed by atoms with Gasteiger partial charge in [-0.15, -0.1) is 0 Å². The lowest BCUT2D eigenvalue weighted by Crippen LogP contribution is -2.27. The molecule has 0 saturated carbocycles. The lowest BCUT2D eigenvalue weighted by Gasteiger charge is -2.33. The van der Waals surface area contributed by atoms with Gasteiger partial charge in [0.2, 0.25) is 0 Å². The number of benzene rings is 1. The maximum absolute atomic E-state index is 6.40. The summed E-state index contributed by atoms with van der Waals surface area (Å²) in [6.07, 6.45) is 6.52. The lowest BCUT2D eigenvalue weighted by atomic mass is 9.74. The molecule has 1 aliphatic rings. The van der Waals surface area contributed by atoms with Crippen LogP contribution in [0, 0.1) is 5.92 Å². The van der Waals surface area contributed by atoms with Gasteiger partial charge in [0.15, 0.2) is 0 Å². The SMILES string of the molecule is C=C/C=C(\C=C)C1CC(=C)c2ccccc2C1N. The van der Waals surface area contributed by atoms with Crippen LogP contribution >= 0.6 is 0 Å². The second-order valence-electron chi connectivity index (χ2n) is 4.63. The summed E-state index contributed by atoms with van der Waals surface area (Å²) >= 11 is 0. The molecule has 1 nitrogen and oxygen atoms in total. The van der Waals surface area contributed by atoms with E-state index in [0.717, 1.165) is 17.6 Å². The van der Waals surface area contributed by atoms with Crippen molar-refractivity contribution in [3.63, 3.8) is 0 Å². The molecule has 92 valence electrons. The van der Waals surface area contributed by atoms with Gasteiger partial charge in [0.05, 0.1) is 0 Å². The van der Waals surface area contributed by atoms with Gasteiger partial charge in [-0.2, -0.15) is 0 Å². The first kappa shape index (κ1) is 12.6. The molecule has 2 atom stereocenters. The molecule has 0 bridgehead atoms. The van der Waals surface area contributed by atoms with E-state index in [1.807, 2.05) is 24.3 Å².